The quantitative estimate of drug-likeness (QED) is 0.402. The highest BCUT2D eigenvalue weighted by atomic mass is 35.5. The SMILES string of the molecule is CN=C(NCCNC(=O)c1ccc(Cl)cc1)NCc1ncnn1C. The number of halogens is 1. The summed E-state index contributed by atoms with van der Waals surface area (Å²) in [6, 6.07) is 6.75. The van der Waals surface area contributed by atoms with Crippen LogP contribution in [0.25, 0.3) is 0 Å². The van der Waals surface area contributed by atoms with Gasteiger partial charge < -0.3 is 16.0 Å². The molecule has 0 fully saturated rings. The molecule has 1 aromatic carbocycles. The Morgan fingerprint density at radius 1 is 1.21 bits per heavy atom. The van der Waals surface area contributed by atoms with Gasteiger partial charge >= 0.3 is 0 Å². The summed E-state index contributed by atoms with van der Waals surface area (Å²) in [6.45, 7) is 1.51. The molecule has 0 aliphatic carbocycles. The lowest BCUT2D eigenvalue weighted by atomic mass is 10.2. The molecule has 3 N–H and O–H groups in total. The fourth-order valence-electron chi connectivity index (χ4n) is 1.92. The molecular formula is C15H20ClN7O. The van der Waals surface area contributed by atoms with E-state index in [1.54, 1.807) is 36.0 Å². The molecule has 0 aliphatic heterocycles. The van der Waals surface area contributed by atoms with Crippen molar-refractivity contribution in [3.05, 3.63) is 47.0 Å². The van der Waals surface area contributed by atoms with Gasteiger partial charge in [0.1, 0.15) is 12.2 Å². The lowest BCUT2D eigenvalue weighted by Crippen LogP contribution is -2.41. The number of aromatic nitrogens is 3. The van der Waals surface area contributed by atoms with Gasteiger partial charge in [-0.15, -0.1) is 0 Å². The molecule has 8 nitrogen and oxygen atoms in total. The Hall–Kier alpha value is -2.61. The van der Waals surface area contributed by atoms with Gasteiger partial charge in [-0.2, -0.15) is 5.10 Å². The second-order valence-corrected chi connectivity index (χ2v) is 5.35. The Morgan fingerprint density at radius 2 is 1.92 bits per heavy atom. The molecule has 0 saturated heterocycles. The van der Waals surface area contributed by atoms with Crippen LogP contribution in [0, 0.1) is 0 Å². The first kappa shape index (κ1) is 17.7. The topological polar surface area (TPSA) is 96.2 Å². The van der Waals surface area contributed by atoms with Crippen LogP contribution in [0.3, 0.4) is 0 Å². The predicted molar refractivity (Wildman–Crippen MR) is 93.0 cm³/mol. The third-order valence-electron chi connectivity index (χ3n) is 3.25. The molecule has 128 valence electrons. The fraction of sp³-hybridized carbons (Fsp3) is 0.333. The van der Waals surface area contributed by atoms with Crippen LogP contribution in [0.15, 0.2) is 35.6 Å². The second-order valence-electron chi connectivity index (χ2n) is 4.92. The zero-order valence-electron chi connectivity index (χ0n) is 13.6. The molecule has 0 bridgehead atoms. The maximum Gasteiger partial charge on any atom is 0.251 e. The van der Waals surface area contributed by atoms with Gasteiger partial charge in [0.15, 0.2) is 5.96 Å². The van der Waals surface area contributed by atoms with Crippen molar-refractivity contribution in [3.8, 4) is 0 Å². The zero-order chi connectivity index (χ0) is 17.4. The standard InChI is InChI=1S/C15H20ClN7O/c1-17-15(20-9-13-21-10-22-23(13)2)19-8-7-18-14(24)11-3-5-12(16)6-4-11/h3-6,10H,7-9H2,1-2H3,(H,18,24)(H2,17,19,20). The number of hydrogen-bond acceptors (Lipinski definition) is 4. The van der Waals surface area contributed by atoms with Crippen LogP contribution in [0.1, 0.15) is 16.2 Å². The van der Waals surface area contributed by atoms with Crippen LogP contribution in [0.4, 0.5) is 0 Å². The Balaban J connectivity index is 1.69. The maximum absolute atomic E-state index is 11.9. The molecule has 0 saturated carbocycles. The van der Waals surface area contributed by atoms with E-state index in [1.807, 2.05) is 7.05 Å². The molecule has 1 aromatic heterocycles. The molecule has 9 heteroatoms. The number of hydrogen-bond donors (Lipinski definition) is 3. The number of amides is 1. The number of nitrogens with zero attached hydrogens (tertiary/aromatic N) is 4. The summed E-state index contributed by atoms with van der Waals surface area (Å²) >= 11 is 5.80. The summed E-state index contributed by atoms with van der Waals surface area (Å²) in [5, 5.41) is 13.7. The largest absolute Gasteiger partial charge is 0.355 e. The highest BCUT2D eigenvalue weighted by Gasteiger charge is 2.05. The average Bonchev–Trinajstić information content (AvgIpc) is 2.99. The first-order chi connectivity index (χ1) is 11.6. The minimum absolute atomic E-state index is 0.143. The van der Waals surface area contributed by atoms with Crippen LogP contribution in [-0.4, -0.2) is 46.8 Å². The van der Waals surface area contributed by atoms with Gasteiger partial charge in [0.25, 0.3) is 5.91 Å². The molecule has 0 radical (unpaired) electrons. The smallest absolute Gasteiger partial charge is 0.251 e. The van der Waals surface area contributed by atoms with Crippen LogP contribution < -0.4 is 16.0 Å². The predicted octanol–water partition coefficient (Wildman–Crippen LogP) is 0.563. The molecule has 1 heterocycles. The summed E-state index contributed by atoms with van der Waals surface area (Å²) in [5.41, 5.74) is 0.573. The molecule has 0 atom stereocenters. The third kappa shape index (κ3) is 5.24. The highest BCUT2D eigenvalue weighted by Crippen LogP contribution is 2.09. The number of guanidine groups is 1. The Labute approximate surface area is 145 Å². The van der Waals surface area contributed by atoms with Crippen molar-refractivity contribution in [1.29, 1.82) is 0 Å². The van der Waals surface area contributed by atoms with Crippen molar-refractivity contribution in [2.24, 2.45) is 12.0 Å². The zero-order valence-corrected chi connectivity index (χ0v) is 14.3. The van der Waals surface area contributed by atoms with E-state index in [-0.39, 0.29) is 5.91 Å². The van der Waals surface area contributed by atoms with Crippen LogP contribution >= 0.6 is 11.6 Å². The third-order valence-corrected chi connectivity index (χ3v) is 3.50. The average molecular weight is 350 g/mol. The number of rotatable bonds is 6. The van der Waals surface area contributed by atoms with Crippen LogP contribution in [-0.2, 0) is 13.6 Å². The van der Waals surface area contributed by atoms with Crippen molar-refractivity contribution < 1.29 is 4.79 Å². The molecule has 2 aromatic rings. The Kier molecular flexibility index (Phi) is 6.56. The van der Waals surface area contributed by atoms with Crippen molar-refractivity contribution >= 4 is 23.5 Å². The van der Waals surface area contributed by atoms with Crippen molar-refractivity contribution in [1.82, 2.24) is 30.7 Å². The van der Waals surface area contributed by atoms with Gasteiger partial charge in [0, 0.05) is 37.8 Å². The normalized spacial score (nSPS) is 11.2. The van der Waals surface area contributed by atoms with Gasteiger partial charge in [-0.25, -0.2) is 4.98 Å². The van der Waals surface area contributed by atoms with Gasteiger partial charge in [0.05, 0.1) is 6.54 Å². The maximum atomic E-state index is 11.9. The fourth-order valence-corrected chi connectivity index (χ4v) is 2.05. The number of aliphatic imine (C=N–C) groups is 1. The van der Waals surface area contributed by atoms with E-state index in [4.69, 9.17) is 11.6 Å². The highest BCUT2D eigenvalue weighted by molar-refractivity contribution is 6.30. The van der Waals surface area contributed by atoms with Gasteiger partial charge in [-0.1, -0.05) is 11.6 Å². The molecular weight excluding hydrogens is 330 g/mol. The number of benzene rings is 1. The van der Waals surface area contributed by atoms with Gasteiger partial charge in [-0.05, 0) is 24.3 Å². The van der Waals surface area contributed by atoms with E-state index in [9.17, 15) is 4.79 Å². The molecule has 0 unspecified atom stereocenters. The lowest BCUT2D eigenvalue weighted by Gasteiger charge is -2.12. The number of carbonyl (C=O) groups excluding carboxylic acids is 1. The van der Waals surface area contributed by atoms with E-state index in [2.05, 4.69) is 31.0 Å². The minimum atomic E-state index is -0.143. The van der Waals surface area contributed by atoms with Crippen LogP contribution in [0.2, 0.25) is 5.02 Å². The van der Waals surface area contributed by atoms with Gasteiger partial charge in [-0.3, -0.25) is 14.5 Å². The number of carbonyl (C=O) groups is 1. The summed E-state index contributed by atoms with van der Waals surface area (Å²) in [6.07, 6.45) is 1.50. The van der Waals surface area contributed by atoms with Crippen LogP contribution in [0.5, 0.6) is 0 Å². The van der Waals surface area contributed by atoms with E-state index in [0.29, 0.717) is 36.2 Å². The van der Waals surface area contributed by atoms with E-state index < -0.39 is 0 Å². The summed E-state index contributed by atoms with van der Waals surface area (Å²) in [7, 11) is 3.50. The molecule has 0 spiro atoms. The second kappa shape index (κ2) is 8.88. The molecule has 2 rings (SSSR count). The van der Waals surface area contributed by atoms with Crippen molar-refractivity contribution in [3.63, 3.8) is 0 Å². The Bertz CT molecular complexity index is 696. The van der Waals surface area contributed by atoms with Crippen molar-refractivity contribution in [2.45, 2.75) is 6.54 Å². The lowest BCUT2D eigenvalue weighted by molar-refractivity contribution is 0.0954. The molecule has 0 aliphatic rings. The summed E-state index contributed by atoms with van der Waals surface area (Å²) in [4.78, 5) is 20.2. The van der Waals surface area contributed by atoms with E-state index >= 15 is 0 Å². The number of aryl methyl sites for hydroxylation is 1. The first-order valence-corrected chi connectivity index (χ1v) is 7.79. The molecule has 24 heavy (non-hydrogen) atoms. The molecule has 1 amide bonds. The monoisotopic (exact) mass is 349 g/mol. The Morgan fingerprint density at radius 3 is 2.54 bits per heavy atom. The first-order valence-electron chi connectivity index (χ1n) is 7.41. The summed E-state index contributed by atoms with van der Waals surface area (Å²) < 4.78 is 1.69. The van der Waals surface area contributed by atoms with E-state index in [0.717, 1.165) is 5.82 Å². The van der Waals surface area contributed by atoms with Gasteiger partial charge in [0.2, 0.25) is 0 Å². The van der Waals surface area contributed by atoms with Crippen molar-refractivity contribution in [2.75, 3.05) is 20.1 Å². The minimum Gasteiger partial charge on any atom is -0.355 e. The number of nitrogens with one attached hydrogen (secondary N) is 3. The van der Waals surface area contributed by atoms with E-state index in [1.165, 1.54) is 6.33 Å². The summed E-state index contributed by atoms with van der Waals surface area (Å²) in [5.74, 6) is 1.28.